The lowest BCUT2D eigenvalue weighted by atomic mass is 10.0. The van der Waals surface area contributed by atoms with Crippen LogP contribution in [0.4, 0.5) is 5.69 Å². The molecule has 0 radical (unpaired) electrons. The Morgan fingerprint density at radius 1 is 1.09 bits per heavy atom. The van der Waals surface area contributed by atoms with Gasteiger partial charge in [0, 0.05) is 18.7 Å². The van der Waals surface area contributed by atoms with Crippen molar-refractivity contribution in [3.8, 4) is 5.75 Å². The minimum atomic E-state index is -0.0795. The lowest BCUT2D eigenvalue weighted by Crippen LogP contribution is -2.41. The molecule has 0 fully saturated rings. The van der Waals surface area contributed by atoms with E-state index in [1.165, 1.54) is 0 Å². The van der Waals surface area contributed by atoms with Crippen LogP contribution < -0.4 is 15.6 Å². The van der Waals surface area contributed by atoms with Gasteiger partial charge in [-0.2, -0.15) is 0 Å². The summed E-state index contributed by atoms with van der Waals surface area (Å²) < 4.78 is 5.46. The number of para-hydroxylation sites is 2. The van der Waals surface area contributed by atoms with Gasteiger partial charge in [0.25, 0.3) is 5.56 Å². The maximum Gasteiger partial charge on any atom is 0.253 e. The SMILES string of the molecule is CCN(CC)CCN(Cc1cc2ccc(C)c(C)c2[nH]c1=O)C(=S)Nc1ccccc1OC. The molecule has 0 amide bonds. The van der Waals surface area contributed by atoms with Crippen LogP contribution in [0.5, 0.6) is 5.75 Å². The van der Waals surface area contributed by atoms with E-state index in [-0.39, 0.29) is 5.56 Å². The Kier molecular flexibility index (Phi) is 8.47. The molecule has 0 unspecified atom stereocenters. The fourth-order valence-corrected chi connectivity index (χ4v) is 4.16. The van der Waals surface area contributed by atoms with Crippen LogP contribution >= 0.6 is 12.2 Å². The molecule has 0 aliphatic carbocycles. The van der Waals surface area contributed by atoms with Gasteiger partial charge in [0.15, 0.2) is 5.11 Å². The van der Waals surface area contributed by atoms with Gasteiger partial charge in [0.1, 0.15) is 5.75 Å². The number of likely N-dealkylation sites (N-methyl/N-ethyl adjacent to an activating group) is 1. The Bertz CT molecular complexity index is 1170. The number of hydrogen-bond donors (Lipinski definition) is 2. The maximum atomic E-state index is 13.0. The molecule has 0 atom stereocenters. The topological polar surface area (TPSA) is 60.6 Å². The summed E-state index contributed by atoms with van der Waals surface area (Å²) in [6.45, 7) is 12.3. The normalized spacial score (nSPS) is 11.1. The molecule has 0 aliphatic rings. The van der Waals surface area contributed by atoms with Crippen LogP contribution in [0, 0.1) is 13.8 Å². The van der Waals surface area contributed by atoms with Crippen molar-refractivity contribution in [3.05, 3.63) is 69.5 Å². The van der Waals surface area contributed by atoms with E-state index in [4.69, 9.17) is 17.0 Å². The van der Waals surface area contributed by atoms with E-state index in [9.17, 15) is 4.79 Å². The smallest absolute Gasteiger partial charge is 0.253 e. The average Bonchev–Trinajstić information content (AvgIpc) is 2.82. The number of methoxy groups -OCH3 is 1. The second kappa shape index (κ2) is 11.3. The molecule has 2 N–H and O–H groups in total. The molecular formula is C26H34N4O2S. The lowest BCUT2D eigenvalue weighted by molar-refractivity contribution is 0.266. The second-order valence-electron chi connectivity index (χ2n) is 8.17. The van der Waals surface area contributed by atoms with Gasteiger partial charge in [0.2, 0.25) is 0 Å². The quantitative estimate of drug-likeness (QED) is 0.446. The molecule has 0 spiro atoms. The van der Waals surface area contributed by atoms with Crippen LogP contribution in [0.1, 0.15) is 30.5 Å². The lowest BCUT2D eigenvalue weighted by Gasteiger charge is -2.29. The van der Waals surface area contributed by atoms with Gasteiger partial charge in [-0.05, 0) is 73.9 Å². The molecule has 0 saturated heterocycles. The van der Waals surface area contributed by atoms with Gasteiger partial charge < -0.3 is 24.8 Å². The number of hydrogen-bond acceptors (Lipinski definition) is 4. The third-order valence-corrected chi connectivity index (χ3v) is 6.57. The van der Waals surface area contributed by atoms with Gasteiger partial charge >= 0.3 is 0 Å². The first-order valence-electron chi connectivity index (χ1n) is 11.4. The molecule has 3 aromatic rings. The largest absolute Gasteiger partial charge is 0.495 e. The summed E-state index contributed by atoms with van der Waals surface area (Å²) >= 11 is 5.79. The van der Waals surface area contributed by atoms with Gasteiger partial charge in [0.05, 0.1) is 24.9 Å². The summed E-state index contributed by atoms with van der Waals surface area (Å²) in [4.78, 5) is 20.5. The van der Waals surface area contributed by atoms with Crippen molar-refractivity contribution < 1.29 is 4.74 Å². The number of fused-ring (bicyclic) bond motifs is 1. The minimum absolute atomic E-state index is 0.0795. The molecule has 0 bridgehead atoms. The molecule has 1 heterocycles. The monoisotopic (exact) mass is 466 g/mol. The number of nitrogens with one attached hydrogen (secondary N) is 2. The van der Waals surface area contributed by atoms with Crippen molar-refractivity contribution >= 4 is 33.9 Å². The van der Waals surface area contributed by atoms with E-state index >= 15 is 0 Å². The zero-order chi connectivity index (χ0) is 24.0. The van der Waals surface area contributed by atoms with Crippen molar-refractivity contribution in [1.29, 1.82) is 0 Å². The van der Waals surface area contributed by atoms with Crippen LogP contribution in [0.2, 0.25) is 0 Å². The van der Waals surface area contributed by atoms with Crippen LogP contribution in [0.15, 0.2) is 47.3 Å². The molecule has 1 aromatic heterocycles. The highest BCUT2D eigenvalue weighted by atomic mass is 32.1. The summed E-state index contributed by atoms with van der Waals surface area (Å²) in [5.74, 6) is 0.720. The number of rotatable bonds is 9. The van der Waals surface area contributed by atoms with Crippen molar-refractivity contribution in [2.24, 2.45) is 0 Å². The Balaban J connectivity index is 1.90. The summed E-state index contributed by atoms with van der Waals surface area (Å²) in [5.41, 5.74) is 4.57. The van der Waals surface area contributed by atoms with E-state index in [1.807, 2.05) is 37.3 Å². The van der Waals surface area contributed by atoms with Gasteiger partial charge in [-0.25, -0.2) is 0 Å². The first-order valence-corrected chi connectivity index (χ1v) is 11.8. The van der Waals surface area contributed by atoms with Crippen molar-refractivity contribution in [2.75, 3.05) is 38.6 Å². The molecule has 3 rings (SSSR count). The Morgan fingerprint density at radius 3 is 2.52 bits per heavy atom. The Labute approximate surface area is 201 Å². The second-order valence-corrected chi connectivity index (χ2v) is 8.56. The number of pyridine rings is 1. The number of ether oxygens (including phenoxy) is 1. The zero-order valence-corrected chi connectivity index (χ0v) is 21.0. The summed E-state index contributed by atoms with van der Waals surface area (Å²) in [6.07, 6.45) is 0. The van der Waals surface area contributed by atoms with E-state index in [2.05, 4.69) is 53.0 Å². The number of aryl methyl sites for hydroxylation is 2. The number of anilines is 1. The highest BCUT2D eigenvalue weighted by molar-refractivity contribution is 7.80. The molecule has 33 heavy (non-hydrogen) atoms. The fraction of sp³-hybridized carbons (Fsp3) is 0.385. The zero-order valence-electron chi connectivity index (χ0n) is 20.2. The van der Waals surface area contributed by atoms with Gasteiger partial charge in [-0.3, -0.25) is 4.79 Å². The number of benzene rings is 2. The van der Waals surface area contributed by atoms with E-state index in [1.54, 1.807) is 7.11 Å². The number of aromatic amines is 1. The molecule has 7 heteroatoms. The standard InChI is InChI=1S/C26H34N4O2S/c1-6-29(7-2)14-15-30(26(33)27-22-10-8-9-11-23(22)32-5)17-21-16-20-13-12-18(3)19(4)24(20)28-25(21)31/h8-13,16H,6-7,14-15,17H2,1-5H3,(H,27,33)(H,28,31). The van der Waals surface area contributed by atoms with Crippen LogP contribution in [0.25, 0.3) is 10.9 Å². The van der Waals surface area contributed by atoms with Crippen molar-refractivity contribution in [2.45, 2.75) is 34.2 Å². The molecule has 6 nitrogen and oxygen atoms in total. The van der Waals surface area contributed by atoms with Crippen LogP contribution in [-0.2, 0) is 6.54 Å². The molecular weight excluding hydrogens is 432 g/mol. The third-order valence-electron chi connectivity index (χ3n) is 6.21. The number of thiocarbonyl (C=S) groups is 1. The molecule has 0 aliphatic heterocycles. The van der Waals surface area contributed by atoms with Gasteiger partial charge in [-0.1, -0.05) is 38.1 Å². The number of H-pyrrole nitrogens is 1. The Hall–Kier alpha value is -2.90. The first-order chi connectivity index (χ1) is 15.9. The van der Waals surface area contributed by atoms with E-state index < -0.39 is 0 Å². The molecule has 176 valence electrons. The third kappa shape index (κ3) is 5.92. The van der Waals surface area contributed by atoms with Crippen molar-refractivity contribution in [1.82, 2.24) is 14.8 Å². The summed E-state index contributed by atoms with van der Waals surface area (Å²) in [5, 5.41) is 4.91. The molecule has 2 aromatic carbocycles. The van der Waals surface area contributed by atoms with Crippen LogP contribution in [-0.4, -0.2) is 53.2 Å². The highest BCUT2D eigenvalue weighted by Crippen LogP contribution is 2.24. The Morgan fingerprint density at radius 2 is 1.82 bits per heavy atom. The van der Waals surface area contributed by atoms with E-state index in [0.29, 0.717) is 23.8 Å². The van der Waals surface area contributed by atoms with E-state index in [0.717, 1.165) is 53.1 Å². The predicted molar refractivity (Wildman–Crippen MR) is 141 cm³/mol. The fourth-order valence-electron chi connectivity index (χ4n) is 3.89. The number of nitrogens with zero attached hydrogens (tertiary/aromatic N) is 2. The number of aromatic nitrogens is 1. The van der Waals surface area contributed by atoms with Crippen LogP contribution in [0.3, 0.4) is 0 Å². The average molecular weight is 467 g/mol. The molecule has 0 saturated carbocycles. The minimum Gasteiger partial charge on any atom is -0.495 e. The summed E-state index contributed by atoms with van der Waals surface area (Å²) in [6, 6.07) is 13.8. The van der Waals surface area contributed by atoms with Gasteiger partial charge in [-0.15, -0.1) is 0 Å². The highest BCUT2D eigenvalue weighted by Gasteiger charge is 2.16. The predicted octanol–water partition coefficient (Wildman–Crippen LogP) is 4.69. The van der Waals surface area contributed by atoms with Crippen molar-refractivity contribution in [3.63, 3.8) is 0 Å². The summed E-state index contributed by atoms with van der Waals surface area (Å²) in [7, 11) is 1.64. The maximum absolute atomic E-state index is 13.0. The first kappa shape index (κ1) is 24.7.